The fraction of sp³-hybridized carbons (Fsp3) is 0.857. The van der Waals surface area contributed by atoms with Gasteiger partial charge in [-0.25, -0.2) is 0 Å². The highest BCUT2D eigenvalue weighted by Gasteiger charge is 2.19. The Labute approximate surface area is 73.5 Å². The summed E-state index contributed by atoms with van der Waals surface area (Å²) in [6, 6.07) is 0. The predicted molar refractivity (Wildman–Crippen MR) is 49.9 cm³/mol. The molecule has 0 fully saturated rings. The van der Waals surface area contributed by atoms with Crippen molar-refractivity contribution in [3.8, 4) is 0 Å². The Morgan fingerprint density at radius 3 is 2.08 bits per heavy atom. The Morgan fingerprint density at radius 2 is 1.75 bits per heavy atom. The van der Waals surface area contributed by atoms with Gasteiger partial charge in [0.1, 0.15) is 5.96 Å². The van der Waals surface area contributed by atoms with Crippen LogP contribution in [-0.2, 0) is 13.6 Å². The van der Waals surface area contributed by atoms with Gasteiger partial charge in [0.2, 0.25) is 0 Å². The zero-order valence-corrected chi connectivity index (χ0v) is 8.71. The molecular weight excluding hydrogens is 177 g/mol. The quantitative estimate of drug-likeness (QED) is 0.480. The molecule has 0 aliphatic carbocycles. The number of hydrogen-bond acceptors (Lipinski definition) is 4. The van der Waals surface area contributed by atoms with Gasteiger partial charge in [0.05, 0.1) is 13.2 Å². The topological polar surface area (TPSA) is 47.9 Å². The van der Waals surface area contributed by atoms with Gasteiger partial charge < -0.3 is 9.05 Å². The van der Waals surface area contributed by atoms with Crippen LogP contribution in [-0.4, -0.2) is 25.7 Å². The zero-order chi connectivity index (χ0) is 9.45. The number of rotatable bonds is 6. The van der Waals surface area contributed by atoms with E-state index in [9.17, 15) is 4.57 Å². The van der Waals surface area contributed by atoms with Crippen molar-refractivity contribution in [3.63, 3.8) is 0 Å². The maximum absolute atomic E-state index is 11.6. The summed E-state index contributed by atoms with van der Waals surface area (Å²) in [6.07, 6.45) is 0. The fourth-order valence-corrected chi connectivity index (χ4v) is 1.94. The molecule has 0 aliphatic heterocycles. The van der Waals surface area contributed by atoms with Crippen molar-refractivity contribution < 1.29 is 13.6 Å². The first-order chi connectivity index (χ1) is 5.68. The van der Waals surface area contributed by atoms with Crippen LogP contribution in [0, 0.1) is 0 Å². The summed E-state index contributed by atoms with van der Waals surface area (Å²) in [6.45, 7) is 6.72. The van der Waals surface area contributed by atoms with E-state index >= 15 is 0 Å². The summed E-state index contributed by atoms with van der Waals surface area (Å²) in [4.78, 5) is 3.84. The third-order valence-corrected chi connectivity index (χ3v) is 2.71. The highest BCUT2D eigenvalue weighted by molar-refractivity contribution is 7.69. The van der Waals surface area contributed by atoms with Crippen LogP contribution in [0.4, 0.5) is 0 Å². The minimum Gasteiger partial charge on any atom is -0.305 e. The van der Waals surface area contributed by atoms with Gasteiger partial charge in [-0.15, -0.1) is 0 Å². The van der Waals surface area contributed by atoms with Crippen LogP contribution >= 0.6 is 7.60 Å². The number of aliphatic imine (C=N–C) groups is 1. The van der Waals surface area contributed by atoms with Gasteiger partial charge in [0.15, 0.2) is 0 Å². The standard InChI is InChI=1S/C7H16NO3P/c1-4-8-7-12(9,10-5-2)11-6-3/h7H,4-6H2,1-3H3. The van der Waals surface area contributed by atoms with E-state index in [1.807, 2.05) is 6.92 Å². The van der Waals surface area contributed by atoms with Crippen LogP contribution in [0.3, 0.4) is 0 Å². The van der Waals surface area contributed by atoms with Crippen molar-refractivity contribution in [2.45, 2.75) is 20.8 Å². The fourth-order valence-electron chi connectivity index (χ4n) is 0.645. The molecule has 0 heterocycles. The summed E-state index contributed by atoms with van der Waals surface area (Å²) in [5.74, 6) is 1.28. The van der Waals surface area contributed by atoms with Crippen LogP contribution in [0.2, 0.25) is 0 Å². The Morgan fingerprint density at radius 1 is 1.25 bits per heavy atom. The largest absolute Gasteiger partial charge is 0.371 e. The molecule has 0 saturated heterocycles. The van der Waals surface area contributed by atoms with Crippen molar-refractivity contribution in [2.24, 2.45) is 4.99 Å². The van der Waals surface area contributed by atoms with Crippen LogP contribution in [0.5, 0.6) is 0 Å². The first-order valence-corrected chi connectivity index (χ1v) is 5.69. The molecule has 0 spiro atoms. The maximum Gasteiger partial charge on any atom is 0.371 e. The first-order valence-electron chi connectivity index (χ1n) is 4.08. The summed E-state index contributed by atoms with van der Waals surface area (Å²) in [5, 5.41) is 0. The molecule has 0 unspecified atom stereocenters. The molecule has 0 atom stereocenters. The van der Waals surface area contributed by atoms with Crippen LogP contribution < -0.4 is 0 Å². The smallest absolute Gasteiger partial charge is 0.305 e. The molecule has 0 rings (SSSR count). The number of hydrogen-bond donors (Lipinski definition) is 0. The number of nitrogens with zero attached hydrogens (tertiary/aromatic N) is 1. The second-order valence-electron chi connectivity index (χ2n) is 1.99. The molecule has 4 nitrogen and oxygen atoms in total. The van der Waals surface area contributed by atoms with Crippen molar-refractivity contribution in [3.05, 3.63) is 0 Å². The average molecular weight is 193 g/mol. The molecule has 0 bridgehead atoms. The molecule has 0 saturated carbocycles. The van der Waals surface area contributed by atoms with E-state index in [0.29, 0.717) is 19.8 Å². The van der Waals surface area contributed by atoms with E-state index in [4.69, 9.17) is 9.05 Å². The minimum atomic E-state index is -3.03. The lowest BCUT2D eigenvalue weighted by atomic mass is 10.8. The Bertz CT molecular complexity index is 171. The predicted octanol–water partition coefficient (Wildman–Crippen LogP) is 2.30. The van der Waals surface area contributed by atoms with Gasteiger partial charge in [-0.1, -0.05) is 0 Å². The third kappa shape index (κ3) is 4.65. The molecule has 0 amide bonds. The highest BCUT2D eigenvalue weighted by atomic mass is 31.2. The van der Waals surface area contributed by atoms with Gasteiger partial charge in [0.25, 0.3) is 0 Å². The minimum absolute atomic E-state index is 0.368. The van der Waals surface area contributed by atoms with Crippen molar-refractivity contribution in [2.75, 3.05) is 19.8 Å². The molecule has 0 N–H and O–H groups in total. The molecule has 0 radical (unpaired) electrons. The molecule has 12 heavy (non-hydrogen) atoms. The van der Waals surface area contributed by atoms with Crippen molar-refractivity contribution >= 4 is 13.6 Å². The summed E-state index contributed by atoms with van der Waals surface area (Å²) in [5.41, 5.74) is 0. The lowest BCUT2D eigenvalue weighted by molar-refractivity contribution is 0.233. The van der Waals surface area contributed by atoms with E-state index in [1.165, 1.54) is 5.96 Å². The monoisotopic (exact) mass is 193 g/mol. The van der Waals surface area contributed by atoms with E-state index in [1.54, 1.807) is 13.8 Å². The Balaban J connectivity index is 4.18. The SMILES string of the molecule is CCN=CP(=O)(OCC)OCC. The van der Waals surface area contributed by atoms with Gasteiger partial charge in [-0.2, -0.15) is 0 Å². The third-order valence-electron chi connectivity index (χ3n) is 1.02. The molecule has 5 heteroatoms. The summed E-state index contributed by atoms with van der Waals surface area (Å²) >= 11 is 0. The Hall–Kier alpha value is -0.180. The zero-order valence-electron chi connectivity index (χ0n) is 7.82. The normalized spacial score (nSPS) is 12.6. The van der Waals surface area contributed by atoms with E-state index < -0.39 is 7.60 Å². The molecule has 0 aliphatic rings. The van der Waals surface area contributed by atoms with E-state index in [-0.39, 0.29) is 0 Å². The average Bonchev–Trinajstić information content (AvgIpc) is 2.02. The molecule has 72 valence electrons. The van der Waals surface area contributed by atoms with Gasteiger partial charge >= 0.3 is 7.60 Å². The van der Waals surface area contributed by atoms with E-state index in [2.05, 4.69) is 4.99 Å². The second kappa shape index (κ2) is 6.35. The van der Waals surface area contributed by atoms with Crippen LogP contribution in [0.1, 0.15) is 20.8 Å². The molecule has 0 aromatic heterocycles. The highest BCUT2D eigenvalue weighted by Crippen LogP contribution is 2.44. The lowest BCUT2D eigenvalue weighted by Crippen LogP contribution is -1.96. The van der Waals surface area contributed by atoms with Crippen LogP contribution in [0.25, 0.3) is 0 Å². The second-order valence-corrected chi connectivity index (χ2v) is 3.82. The maximum atomic E-state index is 11.6. The first kappa shape index (κ1) is 11.8. The Kier molecular flexibility index (Phi) is 6.25. The van der Waals surface area contributed by atoms with Gasteiger partial charge in [0, 0.05) is 6.54 Å². The van der Waals surface area contributed by atoms with E-state index in [0.717, 1.165) is 0 Å². The van der Waals surface area contributed by atoms with Crippen molar-refractivity contribution in [1.82, 2.24) is 0 Å². The molecular formula is C7H16NO3P. The van der Waals surface area contributed by atoms with Crippen molar-refractivity contribution in [1.29, 1.82) is 0 Å². The van der Waals surface area contributed by atoms with Gasteiger partial charge in [-0.3, -0.25) is 9.56 Å². The van der Waals surface area contributed by atoms with Gasteiger partial charge in [-0.05, 0) is 20.8 Å². The summed E-state index contributed by atoms with van der Waals surface area (Å²) < 4.78 is 21.5. The lowest BCUT2D eigenvalue weighted by Gasteiger charge is -2.11. The molecule has 0 aromatic carbocycles. The van der Waals surface area contributed by atoms with Crippen LogP contribution in [0.15, 0.2) is 4.99 Å². The summed E-state index contributed by atoms with van der Waals surface area (Å²) in [7, 11) is -3.03. The molecule has 0 aromatic rings.